The summed E-state index contributed by atoms with van der Waals surface area (Å²) in [6, 6.07) is -0.872. The summed E-state index contributed by atoms with van der Waals surface area (Å²) in [5.41, 5.74) is 3.59. The van der Waals surface area contributed by atoms with Gasteiger partial charge in [-0.05, 0) is 73.6 Å². The number of hydrogen-bond acceptors (Lipinski definition) is 5. The third-order valence-corrected chi connectivity index (χ3v) is 4.33. The fraction of sp³-hybridized carbons (Fsp3) is 0.625. The molecule has 170 valence electrons. The van der Waals surface area contributed by atoms with Crippen molar-refractivity contribution < 1.29 is 23.9 Å². The number of ether oxygens (including phenoxy) is 2. The van der Waals surface area contributed by atoms with Crippen molar-refractivity contribution in [3.63, 3.8) is 0 Å². The van der Waals surface area contributed by atoms with E-state index in [0.717, 1.165) is 31.3 Å². The fourth-order valence-corrected chi connectivity index (χ4v) is 2.73. The van der Waals surface area contributed by atoms with Gasteiger partial charge in [-0.25, -0.2) is 4.79 Å². The minimum Gasteiger partial charge on any atom is -0.466 e. The maximum atomic E-state index is 12.3. The van der Waals surface area contributed by atoms with Gasteiger partial charge in [0.1, 0.15) is 6.04 Å². The lowest BCUT2D eigenvalue weighted by Gasteiger charge is -2.16. The molecule has 0 spiro atoms. The number of carbonyl (C=O) groups is 3. The van der Waals surface area contributed by atoms with Gasteiger partial charge in [0, 0.05) is 12.5 Å². The second-order valence-electron chi connectivity index (χ2n) is 7.56. The van der Waals surface area contributed by atoms with E-state index in [4.69, 9.17) is 9.47 Å². The van der Waals surface area contributed by atoms with Crippen LogP contribution in [0.15, 0.2) is 34.9 Å². The standard InChI is InChI=1S/C24H39NO5/c1-7-29-23(27)16-15-21(24(28)30-8-2)25-22(26)17-20(6)14-10-13-19(5)12-9-11-18(3)4/h11,13,17,21H,7-10,12,14-16H2,1-6H3,(H,25,26)/b19-13+,20-17+/t21-/m1/s1. The van der Waals surface area contributed by atoms with Crippen LogP contribution in [0.5, 0.6) is 0 Å². The van der Waals surface area contributed by atoms with E-state index in [1.165, 1.54) is 17.2 Å². The highest BCUT2D eigenvalue weighted by atomic mass is 16.5. The zero-order chi connectivity index (χ0) is 22.9. The summed E-state index contributed by atoms with van der Waals surface area (Å²) in [7, 11) is 0. The van der Waals surface area contributed by atoms with E-state index in [9.17, 15) is 14.4 Å². The third kappa shape index (κ3) is 14.6. The molecule has 1 N–H and O–H groups in total. The Balaban J connectivity index is 4.66. The molecule has 0 saturated heterocycles. The van der Waals surface area contributed by atoms with Gasteiger partial charge in [0.15, 0.2) is 0 Å². The Labute approximate surface area is 181 Å². The zero-order valence-electron chi connectivity index (χ0n) is 19.5. The Bertz CT molecular complexity index is 642. The molecule has 0 bridgehead atoms. The molecule has 0 aliphatic heterocycles. The zero-order valence-corrected chi connectivity index (χ0v) is 19.5. The fourth-order valence-electron chi connectivity index (χ4n) is 2.73. The maximum Gasteiger partial charge on any atom is 0.328 e. The van der Waals surface area contributed by atoms with Crippen LogP contribution in [0, 0.1) is 0 Å². The molecule has 0 aliphatic rings. The molecule has 30 heavy (non-hydrogen) atoms. The van der Waals surface area contributed by atoms with Crippen LogP contribution >= 0.6 is 0 Å². The van der Waals surface area contributed by atoms with Gasteiger partial charge in [-0.15, -0.1) is 0 Å². The van der Waals surface area contributed by atoms with Crippen molar-refractivity contribution in [1.82, 2.24) is 5.32 Å². The van der Waals surface area contributed by atoms with Crippen molar-refractivity contribution in [3.8, 4) is 0 Å². The van der Waals surface area contributed by atoms with Crippen LogP contribution in [0.25, 0.3) is 0 Å². The maximum absolute atomic E-state index is 12.3. The molecular formula is C24H39NO5. The predicted octanol–water partition coefficient (Wildman–Crippen LogP) is 4.80. The lowest BCUT2D eigenvalue weighted by atomic mass is 10.1. The lowest BCUT2D eigenvalue weighted by molar-refractivity contribution is -0.148. The molecule has 0 radical (unpaired) electrons. The molecule has 0 unspecified atom stereocenters. The summed E-state index contributed by atoms with van der Waals surface area (Å²) >= 11 is 0. The number of hydrogen-bond donors (Lipinski definition) is 1. The average Bonchev–Trinajstić information content (AvgIpc) is 2.65. The van der Waals surface area contributed by atoms with Crippen molar-refractivity contribution >= 4 is 17.8 Å². The summed E-state index contributed by atoms with van der Waals surface area (Å²) in [6.07, 6.45) is 9.83. The van der Waals surface area contributed by atoms with E-state index >= 15 is 0 Å². The molecule has 0 fully saturated rings. The quantitative estimate of drug-likeness (QED) is 0.248. The molecule has 0 aromatic carbocycles. The van der Waals surface area contributed by atoms with Gasteiger partial charge in [0.25, 0.3) is 0 Å². The Morgan fingerprint density at radius 2 is 1.43 bits per heavy atom. The van der Waals surface area contributed by atoms with E-state index in [2.05, 4.69) is 38.2 Å². The Kier molecular flexibility index (Phi) is 15.1. The van der Waals surface area contributed by atoms with Gasteiger partial charge < -0.3 is 14.8 Å². The van der Waals surface area contributed by atoms with Crippen molar-refractivity contribution in [3.05, 3.63) is 34.9 Å². The molecule has 6 heteroatoms. The average molecular weight is 422 g/mol. The monoisotopic (exact) mass is 421 g/mol. The van der Waals surface area contributed by atoms with E-state index in [0.29, 0.717) is 0 Å². The Morgan fingerprint density at radius 3 is 2.03 bits per heavy atom. The van der Waals surface area contributed by atoms with E-state index < -0.39 is 18.0 Å². The van der Waals surface area contributed by atoms with Gasteiger partial charge >= 0.3 is 11.9 Å². The summed E-state index contributed by atoms with van der Waals surface area (Å²) in [4.78, 5) is 36.0. The lowest BCUT2D eigenvalue weighted by Crippen LogP contribution is -2.41. The number of nitrogens with one attached hydrogen (secondary N) is 1. The van der Waals surface area contributed by atoms with Gasteiger partial charge in [0.2, 0.25) is 5.91 Å². The molecule has 0 aromatic heterocycles. The van der Waals surface area contributed by atoms with Crippen LogP contribution in [0.4, 0.5) is 0 Å². The largest absolute Gasteiger partial charge is 0.466 e. The highest BCUT2D eigenvalue weighted by Gasteiger charge is 2.22. The second kappa shape index (κ2) is 16.4. The molecule has 0 aromatic rings. The van der Waals surface area contributed by atoms with Gasteiger partial charge in [-0.3, -0.25) is 9.59 Å². The number of allylic oxidation sites excluding steroid dienone is 5. The number of esters is 2. The number of carbonyl (C=O) groups excluding carboxylic acids is 3. The molecule has 0 heterocycles. The third-order valence-electron chi connectivity index (χ3n) is 4.33. The second-order valence-corrected chi connectivity index (χ2v) is 7.56. The van der Waals surface area contributed by atoms with Gasteiger partial charge in [-0.1, -0.05) is 28.9 Å². The SMILES string of the molecule is CCOC(=O)CC[C@@H](NC(=O)/C=C(\C)CC/C=C(\C)CCC=C(C)C)C(=O)OCC. The summed E-state index contributed by atoms with van der Waals surface area (Å²) in [6.45, 7) is 12.1. The smallest absolute Gasteiger partial charge is 0.328 e. The first-order chi connectivity index (χ1) is 14.2. The molecular weight excluding hydrogens is 382 g/mol. The highest BCUT2D eigenvalue weighted by molar-refractivity contribution is 5.92. The van der Waals surface area contributed by atoms with Crippen molar-refractivity contribution in [2.45, 2.75) is 86.1 Å². The van der Waals surface area contributed by atoms with Crippen LogP contribution in [-0.4, -0.2) is 37.1 Å². The normalized spacial score (nSPS) is 12.7. The summed E-state index contributed by atoms with van der Waals surface area (Å²) in [5.74, 6) is -1.31. The van der Waals surface area contributed by atoms with Gasteiger partial charge in [-0.2, -0.15) is 0 Å². The highest BCUT2D eigenvalue weighted by Crippen LogP contribution is 2.11. The van der Waals surface area contributed by atoms with Crippen LogP contribution < -0.4 is 5.32 Å². The van der Waals surface area contributed by atoms with Crippen LogP contribution in [0.1, 0.15) is 80.1 Å². The minimum absolute atomic E-state index is 0.0388. The van der Waals surface area contributed by atoms with Crippen LogP contribution in [0.2, 0.25) is 0 Å². The molecule has 1 atom stereocenters. The molecule has 1 amide bonds. The minimum atomic E-state index is -0.872. The molecule has 0 saturated carbocycles. The van der Waals surface area contributed by atoms with Gasteiger partial charge in [0.05, 0.1) is 13.2 Å². The molecule has 0 aliphatic carbocycles. The summed E-state index contributed by atoms with van der Waals surface area (Å²) in [5, 5.41) is 2.65. The summed E-state index contributed by atoms with van der Waals surface area (Å²) < 4.78 is 9.88. The first-order valence-electron chi connectivity index (χ1n) is 10.8. The first kappa shape index (κ1) is 27.6. The van der Waals surface area contributed by atoms with Crippen molar-refractivity contribution in [2.75, 3.05) is 13.2 Å². The molecule has 0 rings (SSSR count). The van der Waals surface area contributed by atoms with Crippen molar-refractivity contribution in [1.29, 1.82) is 0 Å². The van der Waals surface area contributed by atoms with Crippen LogP contribution in [-0.2, 0) is 23.9 Å². The van der Waals surface area contributed by atoms with Crippen molar-refractivity contribution in [2.24, 2.45) is 0 Å². The predicted molar refractivity (Wildman–Crippen MR) is 120 cm³/mol. The van der Waals surface area contributed by atoms with E-state index in [1.807, 2.05) is 6.92 Å². The number of amides is 1. The first-order valence-corrected chi connectivity index (χ1v) is 10.8. The number of rotatable bonds is 14. The van der Waals surface area contributed by atoms with Crippen LogP contribution in [0.3, 0.4) is 0 Å². The topological polar surface area (TPSA) is 81.7 Å². The van der Waals surface area contributed by atoms with E-state index in [1.54, 1.807) is 13.8 Å². The Hall–Kier alpha value is -2.37. The van der Waals surface area contributed by atoms with E-state index in [-0.39, 0.29) is 32.0 Å². The molecule has 6 nitrogen and oxygen atoms in total. The Morgan fingerprint density at radius 1 is 0.833 bits per heavy atom.